The van der Waals surface area contributed by atoms with Gasteiger partial charge >= 0.3 is 5.76 Å². The first-order valence-corrected chi connectivity index (χ1v) is 9.01. The molecule has 3 heterocycles. The van der Waals surface area contributed by atoms with Crippen LogP contribution in [0.2, 0.25) is 0 Å². The van der Waals surface area contributed by atoms with Gasteiger partial charge in [0.1, 0.15) is 6.54 Å². The van der Waals surface area contributed by atoms with Crippen LogP contribution in [-0.2, 0) is 17.8 Å². The molecular weight excluding hydrogens is 324 g/mol. The molecule has 124 valence electrons. The van der Waals surface area contributed by atoms with Crippen molar-refractivity contribution < 1.29 is 9.21 Å². The number of oxazole rings is 1. The zero-order chi connectivity index (χ0) is 16.7. The van der Waals surface area contributed by atoms with Crippen LogP contribution in [0.3, 0.4) is 0 Å². The lowest BCUT2D eigenvalue weighted by atomic mass is 9.98. The van der Waals surface area contributed by atoms with Crippen LogP contribution in [0.1, 0.15) is 29.8 Å². The van der Waals surface area contributed by atoms with E-state index in [0.717, 1.165) is 12.8 Å². The topological polar surface area (TPSA) is 55.5 Å². The highest BCUT2D eigenvalue weighted by Crippen LogP contribution is 2.35. The Bertz CT molecular complexity index is 952. The smallest absolute Gasteiger partial charge is 0.408 e. The van der Waals surface area contributed by atoms with Crippen molar-refractivity contribution in [3.8, 4) is 0 Å². The Morgan fingerprint density at radius 1 is 1.33 bits per heavy atom. The van der Waals surface area contributed by atoms with Gasteiger partial charge in [-0.3, -0.25) is 9.36 Å². The minimum absolute atomic E-state index is 0.0197. The zero-order valence-electron chi connectivity index (χ0n) is 13.4. The fourth-order valence-electron chi connectivity index (χ4n) is 3.52. The van der Waals surface area contributed by atoms with E-state index in [1.165, 1.54) is 15.0 Å². The van der Waals surface area contributed by atoms with Crippen LogP contribution in [-0.4, -0.2) is 21.9 Å². The number of carbonyl (C=O) groups excluding carboxylic acids is 1. The highest BCUT2D eigenvalue weighted by Gasteiger charge is 2.30. The maximum absolute atomic E-state index is 12.9. The van der Waals surface area contributed by atoms with Crippen molar-refractivity contribution in [2.24, 2.45) is 0 Å². The van der Waals surface area contributed by atoms with Crippen molar-refractivity contribution >= 4 is 28.3 Å². The van der Waals surface area contributed by atoms with E-state index in [2.05, 4.69) is 18.4 Å². The summed E-state index contributed by atoms with van der Waals surface area (Å²) in [5, 5.41) is 2.09. The molecule has 4 rings (SSSR count). The standard InChI is InChI=1S/C18H18N2O3S/c1-2-13-12-8-10-24-16(12)7-9-19(13)17(21)11-20-14-5-3-4-6-15(14)23-18(20)22/h3-6,8,10,13H,2,7,9,11H2,1H3. The highest BCUT2D eigenvalue weighted by molar-refractivity contribution is 7.10. The SMILES string of the molecule is CCC1c2ccsc2CCN1C(=O)Cn1c(=O)oc2ccccc21. The lowest BCUT2D eigenvalue weighted by Crippen LogP contribution is -2.42. The number of aromatic nitrogens is 1. The zero-order valence-corrected chi connectivity index (χ0v) is 14.2. The largest absolute Gasteiger partial charge is 0.420 e. The molecule has 1 amide bonds. The van der Waals surface area contributed by atoms with Gasteiger partial charge in [-0.25, -0.2) is 4.79 Å². The predicted molar refractivity (Wildman–Crippen MR) is 93.2 cm³/mol. The van der Waals surface area contributed by atoms with Crippen LogP contribution in [0.4, 0.5) is 0 Å². The Morgan fingerprint density at radius 2 is 2.17 bits per heavy atom. The summed E-state index contributed by atoms with van der Waals surface area (Å²) in [5.74, 6) is -0.516. The molecule has 0 N–H and O–H groups in total. The number of hydrogen-bond donors (Lipinski definition) is 0. The third-order valence-electron chi connectivity index (χ3n) is 4.67. The van der Waals surface area contributed by atoms with Crippen molar-refractivity contribution in [1.82, 2.24) is 9.47 Å². The molecular formula is C18H18N2O3S. The molecule has 0 radical (unpaired) electrons. The Labute approximate surface area is 143 Å². The number of rotatable bonds is 3. The second kappa shape index (κ2) is 5.94. The molecule has 1 unspecified atom stereocenters. The first-order valence-electron chi connectivity index (χ1n) is 8.13. The van der Waals surface area contributed by atoms with Gasteiger partial charge in [-0.1, -0.05) is 19.1 Å². The van der Waals surface area contributed by atoms with Crippen LogP contribution < -0.4 is 5.76 Å². The lowest BCUT2D eigenvalue weighted by Gasteiger charge is -2.35. The van der Waals surface area contributed by atoms with E-state index in [9.17, 15) is 9.59 Å². The van der Waals surface area contributed by atoms with Crippen LogP contribution >= 0.6 is 11.3 Å². The van der Waals surface area contributed by atoms with Crippen molar-refractivity contribution in [1.29, 1.82) is 0 Å². The monoisotopic (exact) mass is 342 g/mol. The van der Waals surface area contributed by atoms with E-state index in [0.29, 0.717) is 17.6 Å². The summed E-state index contributed by atoms with van der Waals surface area (Å²) in [5.41, 5.74) is 2.43. The number of thiophene rings is 1. The third-order valence-corrected chi connectivity index (χ3v) is 5.67. The van der Waals surface area contributed by atoms with E-state index < -0.39 is 5.76 Å². The summed E-state index contributed by atoms with van der Waals surface area (Å²) in [4.78, 5) is 28.3. The molecule has 0 saturated carbocycles. The third kappa shape index (κ3) is 2.38. The van der Waals surface area contributed by atoms with Crippen LogP contribution in [0.15, 0.2) is 44.9 Å². The molecule has 5 nitrogen and oxygen atoms in total. The molecule has 0 fully saturated rings. The molecule has 1 aliphatic rings. The summed E-state index contributed by atoms with van der Waals surface area (Å²) in [7, 11) is 0. The van der Waals surface area contributed by atoms with Gasteiger partial charge in [0.15, 0.2) is 5.58 Å². The normalized spacial score (nSPS) is 17.2. The van der Waals surface area contributed by atoms with Crippen LogP contribution in [0.25, 0.3) is 11.1 Å². The van der Waals surface area contributed by atoms with Gasteiger partial charge in [0.25, 0.3) is 0 Å². The number of nitrogens with zero attached hydrogens (tertiary/aromatic N) is 2. The predicted octanol–water partition coefficient (Wildman–Crippen LogP) is 3.19. The summed E-state index contributed by atoms with van der Waals surface area (Å²) < 4.78 is 6.65. The average Bonchev–Trinajstić information content (AvgIpc) is 3.18. The molecule has 1 atom stereocenters. The summed E-state index contributed by atoms with van der Waals surface area (Å²) >= 11 is 1.76. The maximum Gasteiger partial charge on any atom is 0.420 e. The van der Waals surface area contributed by atoms with Gasteiger partial charge in [0, 0.05) is 11.4 Å². The van der Waals surface area contributed by atoms with Gasteiger partial charge < -0.3 is 9.32 Å². The molecule has 2 aromatic heterocycles. The van der Waals surface area contributed by atoms with Crippen LogP contribution in [0, 0.1) is 0 Å². The molecule has 0 spiro atoms. The first kappa shape index (κ1) is 15.2. The van der Waals surface area contributed by atoms with E-state index >= 15 is 0 Å². The quantitative estimate of drug-likeness (QED) is 0.734. The molecule has 0 aliphatic carbocycles. The molecule has 0 bridgehead atoms. The Morgan fingerprint density at radius 3 is 3.00 bits per heavy atom. The van der Waals surface area contributed by atoms with E-state index in [-0.39, 0.29) is 18.5 Å². The minimum Gasteiger partial charge on any atom is -0.408 e. The number of amides is 1. The minimum atomic E-state index is -0.481. The lowest BCUT2D eigenvalue weighted by molar-refractivity contribution is -0.134. The van der Waals surface area contributed by atoms with E-state index in [1.807, 2.05) is 17.0 Å². The Kier molecular flexibility index (Phi) is 3.76. The van der Waals surface area contributed by atoms with Crippen molar-refractivity contribution in [3.63, 3.8) is 0 Å². The van der Waals surface area contributed by atoms with Gasteiger partial charge in [-0.05, 0) is 42.0 Å². The molecule has 3 aromatic rings. The van der Waals surface area contributed by atoms with E-state index in [1.54, 1.807) is 23.5 Å². The molecule has 24 heavy (non-hydrogen) atoms. The summed E-state index contributed by atoms with van der Waals surface area (Å²) in [6, 6.07) is 9.41. The van der Waals surface area contributed by atoms with Gasteiger partial charge in [0.05, 0.1) is 11.6 Å². The second-order valence-corrected chi connectivity index (χ2v) is 6.98. The Hall–Kier alpha value is -2.34. The Balaban J connectivity index is 1.64. The molecule has 0 saturated heterocycles. The van der Waals surface area contributed by atoms with Crippen LogP contribution in [0.5, 0.6) is 0 Å². The van der Waals surface area contributed by atoms with Crippen molar-refractivity contribution in [3.05, 3.63) is 56.7 Å². The number of benzene rings is 1. The van der Waals surface area contributed by atoms with Crippen molar-refractivity contribution in [2.45, 2.75) is 32.4 Å². The second-order valence-electron chi connectivity index (χ2n) is 5.98. The molecule has 1 aromatic carbocycles. The van der Waals surface area contributed by atoms with E-state index in [4.69, 9.17) is 4.42 Å². The molecule has 6 heteroatoms. The fourth-order valence-corrected chi connectivity index (χ4v) is 4.45. The van der Waals surface area contributed by atoms with Gasteiger partial charge in [0.2, 0.25) is 5.91 Å². The maximum atomic E-state index is 12.9. The molecule has 1 aliphatic heterocycles. The highest BCUT2D eigenvalue weighted by atomic mass is 32.1. The number of para-hydroxylation sites is 2. The van der Waals surface area contributed by atoms with Crippen molar-refractivity contribution in [2.75, 3.05) is 6.54 Å². The number of fused-ring (bicyclic) bond motifs is 2. The fraction of sp³-hybridized carbons (Fsp3) is 0.333. The number of carbonyl (C=O) groups is 1. The van der Waals surface area contributed by atoms with Gasteiger partial charge in [-0.15, -0.1) is 11.3 Å². The van der Waals surface area contributed by atoms with Gasteiger partial charge in [-0.2, -0.15) is 0 Å². The summed E-state index contributed by atoms with van der Waals surface area (Å²) in [6.07, 6.45) is 1.76. The summed E-state index contributed by atoms with van der Waals surface area (Å²) in [6.45, 7) is 2.82. The first-order chi connectivity index (χ1) is 11.7. The number of hydrogen-bond acceptors (Lipinski definition) is 4. The average molecular weight is 342 g/mol.